The molecule has 4 heteroatoms. The van der Waals surface area contributed by atoms with E-state index in [1.165, 1.54) is 0 Å². The number of hydrogen-bond donors (Lipinski definition) is 0. The van der Waals surface area contributed by atoms with Gasteiger partial charge in [0.15, 0.2) is 5.78 Å². The molecule has 3 rings (SSSR count). The molecule has 1 unspecified atom stereocenters. The van der Waals surface area contributed by atoms with Crippen molar-refractivity contribution < 1.29 is 9.59 Å². The minimum Gasteiger partial charge on any atom is -0.293 e. The van der Waals surface area contributed by atoms with E-state index in [0.29, 0.717) is 12.0 Å². The Bertz CT molecular complexity index is 737. The predicted octanol–water partition coefficient (Wildman–Crippen LogP) is 3.83. The lowest BCUT2D eigenvalue weighted by Gasteiger charge is -2.18. The molecule has 1 aromatic carbocycles. The van der Waals surface area contributed by atoms with Crippen LogP contribution in [0.4, 0.5) is 0 Å². The van der Waals surface area contributed by atoms with Gasteiger partial charge in [-0.2, -0.15) is 0 Å². The summed E-state index contributed by atoms with van der Waals surface area (Å²) < 4.78 is 1.70. The summed E-state index contributed by atoms with van der Waals surface area (Å²) in [6, 6.07) is 5.60. The molecule has 2 aromatic rings. The van der Waals surface area contributed by atoms with Crippen LogP contribution in [0.1, 0.15) is 41.5 Å². The average Bonchev–Trinajstić information content (AvgIpc) is 2.74. The fourth-order valence-electron chi connectivity index (χ4n) is 2.71. The lowest BCUT2D eigenvalue weighted by Crippen LogP contribution is -2.26. The maximum atomic E-state index is 12.6. The van der Waals surface area contributed by atoms with Gasteiger partial charge in [0.1, 0.15) is 0 Å². The summed E-state index contributed by atoms with van der Waals surface area (Å²) in [6.07, 6.45) is 2.53. The van der Waals surface area contributed by atoms with E-state index in [4.69, 9.17) is 0 Å². The van der Waals surface area contributed by atoms with Gasteiger partial charge in [-0.25, -0.2) is 0 Å². The van der Waals surface area contributed by atoms with Crippen molar-refractivity contribution >= 4 is 38.5 Å². The van der Waals surface area contributed by atoms with Crippen molar-refractivity contribution in [2.75, 3.05) is 0 Å². The van der Waals surface area contributed by atoms with E-state index in [1.807, 2.05) is 45.2 Å². The first-order chi connectivity index (χ1) is 9.30. The third-order valence-corrected chi connectivity index (χ3v) is 4.46. The van der Waals surface area contributed by atoms with E-state index in [9.17, 15) is 9.59 Å². The number of ketones is 1. The summed E-state index contributed by atoms with van der Waals surface area (Å²) in [6.45, 7) is 5.72. The molecular formula is C16H16BrNO2. The molecule has 1 aliphatic carbocycles. The zero-order valence-electron chi connectivity index (χ0n) is 11.7. The highest BCUT2D eigenvalue weighted by atomic mass is 79.9. The minimum absolute atomic E-state index is 0.0476. The average molecular weight is 334 g/mol. The molecule has 104 valence electrons. The largest absolute Gasteiger partial charge is 0.293 e. The van der Waals surface area contributed by atoms with Crippen LogP contribution < -0.4 is 0 Å². The lowest BCUT2D eigenvalue weighted by molar-refractivity contribution is 0.0772. The lowest BCUT2D eigenvalue weighted by atomic mass is 9.92. The van der Waals surface area contributed by atoms with Crippen LogP contribution in [0.2, 0.25) is 0 Å². The van der Waals surface area contributed by atoms with Crippen molar-refractivity contribution in [3.63, 3.8) is 0 Å². The fraction of sp³-hybridized carbons (Fsp3) is 0.375. The van der Waals surface area contributed by atoms with Crippen LogP contribution in [0.15, 0.2) is 24.4 Å². The molecule has 20 heavy (non-hydrogen) atoms. The van der Waals surface area contributed by atoms with Crippen molar-refractivity contribution in [2.24, 2.45) is 5.41 Å². The molecule has 1 atom stereocenters. The molecule has 1 heterocycles. The summed E-state index contributed by atoms with van der Waals surface area (Å²) in [5.74, 6) is 0.149. The summed E-state index contributed by atoms with van der Waals surface area (Å²) in [5, 5.41) is 0.936. The molecule has 0 saturated carbocycles. The number of nitrogens with zero attached hydrogens (tertiary/aromatic N) is 1. The fourth-order valence-corrected chi connectivity index (χ4v) is 3.31. The summed E-state index contributed by atoms with van der Waals surface area (Å²) in [4.78, 5) is 24.6. The Balaban J connectivity index is 2.30. The molecule has 0 aliphatic heterocycles. The smallest absolute Gasteiger partial charge is 0.236 e. The number of rotatable bonds is 0. The van der Waals surface area contributed by atoms with Crippen LogP contribution in [0.25, 0.3) is 10.9 Å². The Kier molecular flexibility index (Phi) is 2.91. The number of carbonyl (C=O) groups excluding carboxylic acids is 2. The first-order valence-corrected chi connectivity index (χ1v) is 7.58. The first kappa shape index (κ1) is 13.6. The number of benzene rings is 1. The van der Waals surface area contributed by atoms with Crippen LogP contribution >= 0.6 is 15.9 Å². The van der Waals surface area contributed by atoms with Gasteiger partial charge in [-0.1, -0.05) is 48.8 Å². The van der Waals surface area contributed by atoms with Crippen LogP contribution in [-0.2, 0) is 6.42 Å². The Morgan fingerprint density at radius 2 is 2.05 bits per heavy atom. The van der Waals surface area contributed by atoms with Gasteiger partial charge in [0.05, 0.1) is 10.3 Å². The van der Waals surface area contributed by atoms with Gasteiger partial charge in [-0.15, -0.1) is 0 Å². The van der Waals surface area contributed by atoms with E-state index in [-0.39, 0.29) is 16.5 Å². The summed E-state index contributed by atoms with van der Waals surface area (Å²) >= 11 is 3.43. The zero-order chi connectivity index (χ0) is 14.7. The third kappa shape index (κ3) is 1.85. The van der Waals surface area contributed by atoms with E-state index < -0.39 is 5.41 Å². The number of Topliss-reactive ketones (excluding diaryl/α,β-unsaturated/α-hetero) is 1. The van der Waals surface area contributed by atoms with Gasteiger partial charge in [-0.3, -0.25) is 14.2 Å². The van der Waals surface area contributed by atoms with Crippen LogP contribution in [0.3, 0.4) is 0 Å². The van der Waals surface area contributed by atoms with Gasteiger partial charge >= 0.3 is 0 Å². The summed E-state index contributed by atoms with van der Waals surface area (Å²) in [7, 11) is 0. The topological polar surface area (TPSA) is 39.1 Å². The molecule has 3 nitrogen and oxygen atoms in total. The van der Waals surface area contributed by atoms with Gasteiger partial charge in [0, 0.05) is 22.6 Å². The first-order valence-electron chi connectivity index (χ1n) is 6.67. The van der Waals surface area contributed by atoms with Crippen molar-refractivity contribution in [3.05, 3.63) is 35.5 Å². The molecule has 1 aromatic heterocycles. The van der Waals surface area contributed by atoms with Gasteiger partial charge in [0.25, 0.3) is 0 Å². The predicted molar refractivity (Wildman–Crippen MR) is 82.8 cm³/mol. The van der Waals surface area contributed by atoms with Crippen molar-refractivity contribution in [2.45, 2.75) is 32.0 Å². The summed E-state index contributed by atoms with van der Waals surface area (Å²) in [5.41, 5.74) is 2.16. The van der Waals surface area contributed by atoms with E-state index >= 15 is 0 Å². The number of halogens is 1. The molecule has 0 saturated heterocycles. The number of carbonyl (C=O) groups is 2. The van der Waals surface area contributed by atoms with Gasteiger partial charge < -0.3 is 0 Å². The van der Waals surface area contributed by atoms with Gasteiger partial charge in [0.2, 0.25) is 5.91 Å². The van der Waals surface area contributed by atoms with Crippen LogP contribution in [0.5, 0.6) is 0 Å². The normalized spacial score (nSPS) is 18.6. The number of aromatic nitrogens is 1. The monoisotopic (exact) mass is 333 g/mol. The SMILES string of the molecule is CC(C)(C)C(=O)n1cc2c3c(cccc31)C(=O)C(Br)C2. The third-order valence-electron chi connectivity index (χ3n) is 3.72. The van der Waals surface area contributed by atoms with E-state index in [0.717, 1.165) is 16.5 Å². The molecular weight excluding hydrogens is 318 g/mol. The maximum Gasteiger partial charge on any atom is 0.236 e. The Morgan fingerprint density at radius 3 is 2.70 bits per heavy atom. The zero-order valence-corrected chi connectivity index (χ0v) is 13.3. The number of hydrogen-bond acceptors (Lipinski definition) is 2. The highest BCUT2D eigenvalue weighted by Crippen LogP contribution is 2.34. The van der Waals surface area contributed by atoms with Crippen molar-refractivity contribution in [1.29, 1.82) is 0 Å². The van der Waals surface area contributed by atoms with Gasteiger partial charge in [-0.05, 0) is 18.1 Å². The van der Waals surface area contributed by atoms with Crippen molar-refractivity contribution in [3.8, 4) is 0 Å². The highest BCUT2D eigenvalue weighted by Gasteiger charge is 2.31. The minimum atomic E-state index is -0.453. The van der Waals surface area contributed by atoms with Crippen LogP contribution in [0, 0.1) is 5.41 Å². The van der Waals surface area contributed by atoms with E-state index in [2.05, 4.69) is 15.9 Å². The van der Waals surface area contributed by atoms with Crippen molar-refractivity contribution in [1.82, 2.24) is 4.57 Å². The molecule has 0 fully saturated rings. The molecule has 0 spiro atoms. The highest BCUT2D eigenvalue weighted by molar-refractivity contribution is 9.10. The molecule has 0 bridgehead atoms. The second-order valence-corrected chi connectivity index (χ2v) is 7.42. The quantitative estimate of drug-likeness (QED) is 0.687. The van der Waals surface area contributed by atoms with Crippen LogP contribution in [-0.4, -0.2) is 21.1 Å². The second-order valence-electron chi connectivity index (χ2n) is 6.32. The maximum absolute atomic E-state index is 12.6. The molecule has 0 amide bonds. The molecule has 0 radical (unpaired) electrons. The number of alkyl halides is 1. The van der Waals surface area contributed by atoms with E-state index in [1.54, 1.807) is 4.57 Å². The second kappa shape index (κ2) is 4.29. The Morgan fingerprint density at radius 1 is 1.35 bits per heavy atom. The Hall–Kier alpha value is -1.42. The molecule has 1 aliphatic rings. The standard InChI is InChI=1S/C16H16BrNO2/c1-16(2,3)15(20)18-8-9-7-11(17)14(19)10-5-4-6-12(18)13(9)10/h4-6,8,11H,7H2,1-3H3. The Labute approximate surface area is 126 Å². The molecule has 0 N–H and O–H groups in total.